The first kappa shape index (κ1) is 36.4. The Kier molecular flexibility index (Phi) is 8.32. The lowest BCUT2D eigenvalue weighted by Crippen LogP contribution is -2.25. The van der Waals surface area contributed by atoms with E-state index in [0.29, 0.717) is 0 Å². The fourth-order valence-electron chi connectivity index (χ4n) is 7.39. The molecule has 0 amide bonds. The van der Waals surface area contributed by atoms with Crippen LogP contribution in [0.25, 0.3) is 65.6 Å². The van der Waals surface area contributed by atoms with Crippen LogP contribution in [0, 0.1) is 89.3 Å². The van der Waals surface area contributed by atoms with Crippen LogP contribution >= 0.6 is 0 Å². The van der Waals surface area contributed by atoms with Gasteiger partial charge in [0, 0.05) is 16.0 Å². The van der Waals surface area contributed by atoms with Crippen molar-refractivity contribution < 1.29 is 48.3 Å². The molecule has 0 spiro atoms. The zero-order valence-corrected chi connectivity index (χ0v) is 27.3. The van der Waals surface area contributed by atoms with E-state index in [0.717, 1.165) is 25.1 Å². The fraction of sp³-hybridized carbons (Fsp3) is 0.100. The molecule has 55 heavy (non-hydrogen) atoms. The maximum absolute atomic E-state index is 15.1. The molecular weight excluding hydrogens is 745 g/mol. The highest BCUT2D eigenvalue weighted by Gasteiger charge is 2.43. The summed E-state index contributed by atoms with van der Waals surface area (Å²) < 4.78 is 158. The Morgan fingerprint density at radius 1 is 0.582 bits per heavy atom. The number of alkyl halides is 3. The SMILES string of the molecule is [C-]#[N+]/C(C#N)=c1/c2c(/c(=C(\C#N)[N+]#[C-])c3c1-c1ccc(-c4c(F)c(F)c(C)c(F)c4F)cc1C3)-c1ccc(-c3c(F)c(F)c(C(F)(F)F)c(F)c3F)cc1C2. The van der Waals surface area contributed by atoms with Gasteiger partial charge in [-0.1, -0.05) is 24.3 Å². The van der Waals surface area contributed by atoms with Crippen LogP contribution in [0.15, 0.2) is 36.4 Å². The monoisotopic (exact) mass is 758 g/mol. The Morgan fingerprint density at radius 2 is 0.945 bits per heavy atom. The van der Waals surface area contributed by atoms with Crippen molar-refractivity contribution in [3.63, 3.8) is 0 Å². The highest BCUT2D eigenvalue weighted by Crippen LogP contribution is 2.45. The molecule has 5 aromatic rings. The molecule has 0 unspecified atom stereocenters. The zero-order valence-electron chi connectivity index (χ0n) is 27.3. The van der Waals surface area contributed by atoms with Crippen molar-refractivity contribution in [1.29, 1.82) is 10.5 Å². The quantitative estimate of drug-likeness (QED) is 0.100. The standard InChI is InChI=1S/C40H13F11N4/c1-14-32(41)34(43)25(35(44)33(14)42)15-4-6-19-17(8-15)10-21-27(19)30(24(13-53)55-3)22-11-18-9-16(5-7-20(18)28(22)29(21)23(12-52)54-2)26-36(45)38(47)31(40(49,50)51)39(48)37(26)46/h4-9H,10-11H2,1H3/b29-23+,30-24-. The summed E-state index contributed by atoms with van der Waals surface area (Å²) in [5.41, 5.74) is -6.60. The largest absolute Gasteiger partial charge is 0.422 e. The summed E-state index contributed by atoms with van der Waals surface area (Å²) in [6, 6.07) is 10.4. The Labute approximate surface area is 302 Å². The van der Waals surface area contributed by atoms with Crippen LogP contribution in [0.4, 0.5) is 48.3 Å². The molecule has 15 heteroatoms. The highest BCUT2D eigenvalue weighted by atomic mass is 19.4. The fourth-order valence-corrected chi connectivity index (χ4v) is 7.39. The molecule has 5 aromatic carbocycles. The number of rotatable bonds is 2. The smallest absolute Gasteiger partial charge is 0.226 e. The lowest BCUT2D eigenvalue weighted by molar-refractivity contribution is -0.143. The molecule has 2 aliphatic rings. The Morgan fingerprint density at radius 3 is 1.27 bits per heavy atom. The topological polar surface area (TPSA) is 56.3 Å². The first-order valence-corrected chi connectivity index (χ1v) is 15.6. The normalized spacial score (nSPS) is 13.5. The van der Waals surface area contributed by atoms with Crippen LogP contribution in [-0.4, -0.2) is 0 Å². The molecule has 0 radical (unpaired) electrons. The van der Waals surface area contributed by atoms with Crippen molar-refractivity contribution in [3.05, 3.63) is 150 Å². The van der Waals surface area contributed by atoms with Crippen molar-refractivity contribution in [3.8, 4) is 56.6 Å². The van der Waals surface area contributed by atoms with Gasteiger partial charge in [0.15, 0.2) is 46.5 Å². The lowest BCUT2D eigenvalue weighted by Gasteiger charge is -2.15. The predicted molar refractivity (Wildman–Crippen MR) is 174 cm³/mol. The molecule has 2 aliphatic carbocycles. The van der Waals surface area contributed by atoms with Crippen LogP contribution in [0.3, 0.4) is 0 Å². The van der Waals surface area contributed by atoms with E-state index < -0.39 is 91.9 Å². The van der Waals surface area contributed by atoms with Crippen molar-refractivity contribution >= 4 is 11.4 Å². The number of halogens is 11. The maximum atomic E-state index is 15.1. The van der Waals surface area contributed by atoms with Crippen LogP contribution in [0.5, 0.6) is 0 Å². The van der Waals surface area contributed by atoms with Gasteiger partial charge in [-0.2, -0.15) is 13.2 Å². The Bertz CT molecular complexity index is 2860. The molecule has 7 rings (SSSR count). The molecule has 0 saturated carbocycles. The van der Waals surface area contributed by atoms with Crippen LogP contribution < -0.4 is 10.4 Å². The van der Waals surface area contributed by atoms with E-state index in [-0.39, 0.29) is 73.4 Å². The van der Waals surface area contributed by atoms with Gasteiger partial charge in [-0.15, -0.1) is 0 Å². The molecule has 0 saturated heterocycles. The van der Waals surface area contributed by atoms with E-state index in [2.05, 4.69) is 9.69 Å². The van der Waals surface area contributed by atoms with Crippen LogP contribution in [0.1, 0.15) is 33.4 Å². The van der Waals surface area contributed by atoms with Crippen molar-refractivity contribution in [1.82, 2.24) is 0 Å². The van der Waals surface area contributed by atoms with Gasteiger partial charge in [-0.25, -0.2) is 55.3 Å². The maximum Gasteiger partial charge on any atom is 0.422 e. The summed E-state index contributed by atoms with van der Waals surface area (Å²) in [7, 11) is 0. The summed E-state index contributed by atoms with van der Waals surface area (Å²) in [5.74, 6) is -16.5. The summed E-state index contributed by atoms with van der Waals surface area (Å²) >= 11 is 0. The molecular formula is C40H13F11N4. The summed E-state index contributed by atoms with van der Waals surface area (Å²) in [4.78, 5) is 6.70. The first-order chi connectivity index (χ1) is 26.0. The Hall–Kier alpha value is -6.97. The van der Waals surface area contributed by atoms with E-state index in [1.165, 1.54) is 18.2 Å². The summed E-state index contributed by atoms with van der Waals surface area (Å²) in [5, 5.41) is 20.1. The summed E-state index contributed by atoms with van der Waals surface area (Å²) in [6.07, 6.45) is -6.29. The molecule has 0 aliphatic heterocycles. The minimum absolute atomic E-state index is 0.0217. The second kappa shape index (κ2) is 12.6. The van der Waals surface area contributed by atoms with E-state index >= 15 is 17.6 Å². The number of hydrogen-bond donors (Lipinski definition) is 0. The van der Waals surface area contributed by atoms with Gasteiger partial charge in [-0.05, 0) is 87.5 Å². The predicted octanol–water partition coefficient (Wildman–Crippen LogP) is 9.71. The molecule has 0 N–H and O–H groups in total. The minimum Gasteiger partial charge on any atom is -0.226 e. The lowest BCUT2D eigenvalue weighted by atomic mass is 9.90. The molecule has 0 heterocycles. The average Bonchev–Trinajstić information content (AvgIpc) is 3.71. The van der Waals surface area contributed by atoms with Gasteiger partial charge in [0.2, 0.25) is 0 Å². The minimum atomic E-state index is -5.78. The van der Waals surface area contributed by atoms with E-state index in [1.54, 1.807) is 12.1 Å². The van der Waals surface area contributed by atoms with Gasteiger partial charge in [0.05, 0.1) is 36.4 Å². The zero-order chi connectivity index (χ0) is 40.0. The first-order valence-electron chi connectivity index (χ1n) is 15.6. The van der Waals surface area contributed by atoms with Crippen LogP contribution in [0.2, 0.25) is 0 Å². The van der Waals surface area contributed by atoms with Gasteiger partial charge in [-0.3, -0.25) is 0 Å². The average molecular weight is 759 g/mol. The molecule has 270 valence electrons. The number of fused-ring (bicyclic) bond motifs is 6. The third-order valence-electron chi connectivity index (χ3n) is 9.71. The highest BCUT2D eigenvalue weighted by molar-refractivity contribution is 5.93. The molecule has 4 nitrogen and oxygen atoms in total. The molecule has 0 fully saturated rings. The van der Waals surface area contributed by atoms with Gasteiger partial charge in [0.1, 0.15) is 5.56 Å². The number of nitrogens with zero attached hydrogens (tertiary/aromatic N) is 4. The third kappa shape index (κ3) is 5.08. The molecule has 0 atom stereocenters. The summed E-state index contributed by atoms with van der Waals surface area (Å²) in [6.45, 7) is 16.4. The molecule has 0 aromatic heterocycles. The van der Waals surface area contributed by atoms with Crippen LogP contribution in [-0.2, 0) is 19.0 Å². The van der Waals surface area contributed by atoms with E-state index in [4.69, 9.17) is 13.1 Å². The second-order valence-electron chi connectivity index (χ2n) is 12.5. The van der Waals surface area contributed by atoms with Gasteiger partial charge in [0.25, 0.3) is 11.4 Å². The van der Waals surface area contributed by atoms with Crippen molar-refractivity contribution in [2.75, 3.05) is 0 Å². The second-order valence-corrected chi connectivity index (χ2v) is 12.5. The van der Waals surface area contributed by atoms with Crippen molar-refractivity contribution in [2.45, 2.75) is 25.9 Å². The van der Waals surface area contributed by atoms with Crippen molar-refractivity contribution in [2.24, 2.45) is 0 Å². The molecule has 0 bridgehead atoms. The van der Waals surface area contributed by atoms with Gasteiger partial charge < -0.3 is 0 Å². The Balaban J connectivity index is 1.52. The number of nitriles is 2. The number of hydrogen-bond acceptors (Lipinski definition) is 2. The van der Waals surface area contributed by atoms with E-state index in [1.807, 2.05) is 0 Å². The van der Waals surface area contributed by atoms with E-state index in [9.17, 15) is 41.3 Å². The number of benzene rings is 5. The third-order valence-corrected chi connectivity index (χ3v) is 9.71. The van der Waals surface area contributed by atoms with Gasteiger partial charge >= 0.3 is 6.18 Å².